The Morgan fingerprint density at radius 2 is 2.14 bits per heavy atom. The summed E-state index contributed by atoms with van der Waals surface area (Å²) in [4.78, 5) is 27.5. The van der Waals surface area contributed by atoms with Crippen molar-refractivity contribution in [2.75, 3.05) is 5.32 Å². The Morgan fingerprint density at radius 1 is 1.33 bits per heavy atom. The summed E-state index contributed by atoms with van der Waals surface area (Å²) in [6, 6.07) is 8.82. The van der Waals surface area contributed by atoms with Crippen molar-refractivity contribution in [2.24, 2.45) is 0 Å². The fourth-order valence-corrected chi connectivity index (χ4v) is 2.13. The van der Waals surface area contributed by atoms with Crippen LogP contribution in [0.3, 0.4) is 0 Å². The van der Waals surface area contributed by atoms with E-state index in [2.05, 4.69) is 20.5 Å². The van der Waals surface area contributed by atoms with Crippen LogP contribution < -0.4 is 10.7 Å². The van der Waals surface area contributed by atoms with E-state index < -0.39 is 5.91 Å². The molecule has 2 heterocycles. The van der Waals surface area contributed by atoms with Gasteiger partial charge in [-0.2, -0.15) is 5.10 Å². The maximum Gasteiger partial charge on any atom is 0.262 e. The third kappa shape index (κ3) is 2.43. The smallest absolute Gasteiger partial charge is 0.262 e. The van der Waals surface area contributed by atoms with Crippen LogP contribution >= 0.6 is 0 Å². The van der Waals surface area contributed by atoms with Gasteiger partial charge in [0.1, 0.15) is 5.56 Å². The predicted molar refractivity (Wildman–Crippen MR) is 80.5 cm³/mol. The number of nitrogens with one attached hydrogen (secondary N) is 3. The van der Waals surface area contributed by atoms with Crippen LogP contribution in [0.1, 0.15) is 23.0 Å². The number of nitrogens with zero attached hydrogens (tertiary/aromatic N) is 1. The van der Waals surface area contributed by atoms with Crippen molar-refractivity contribution in [1.82, 2.24) is 15.2 Å². The second kappa shape index (κ2) is 5.24. The molecule has 0 bridgehead atoms. The zero-order valence-corrected chi connectivity index (χ0v) is 11.4. The first-order chi connectivity index (χ1) is 10.2. The van der Waals surface area contributed by atoms with Crippen LogP contribution in [0, 0.1) is 0 Å². The highest BCUT2D eigenvalue weighted by Crippen LogP contribution is 2.10. The van der Waals surface area contributed by atoms with Crippen LogP contribution in [0.5, 0.6) is 0 Å². The van der Waals surface area contributed by atoms with Crippen molar-refractivity contribution < 1.29 is 4.79 Å². The molecule has 3 rings (SSSR count). The average Bonchev–Trinajstić information content (AvgIpc) is 2.95. The molecule has 0 atom stereocenters. The third-order valence-electron chi connectivity index (χ3n) is 3.29. The Balaban J connectivity index is 1.94. The number of pyridine rings is 1. The van der Waals surface area contributed by atoms with E-state index in [0.29, 0.717) is 16.7 Å². The molecule has 0 aliphatic rings. The highest BCUT2D eigenvalue weighted by molar-refractivity contribution is 6.05. The van der Waals surface area contributed by atoms with E-state index in [-0.39, 0.29) is 11.0 Å². The van der Waals surface area contributed by atoms with Crippen LogP contribution in [0.4, 0.5) is 5.82 Å². The van der Waals surface area contributed by atoms with Crippen LogP contribution in [-0.4, -0.2) is 21.1 Å². The third-order valence-corrected chi connectivity index (χ3v) is 3.29. The summed E-state index contributed by atoms with van der Waals surface area (Å²) in [5, 5.41) is 9.89. The molecule has 0 spiro atoms. The van der Waals surface area contributed by atoms with Gasteiger partial charge in [0.25, 0.3) is 5.91 Å². The molecule has 6 nitrogen and oxygen atoms in total. The maximum absolute atomic E-state index is 12.3. The SMILES string of the molecule is CCc1cc(NC(=O)c2c[nH]c3ccccc3c2=O)n[nH]1. The van der Waals surface area contributed by atoms with Gasteiger partial charge in [-0.1, -0.05) is 19.1 Å². The van der Waals surface area contributed by atoms with Gasteiger partial charge >= 0.3 is 0 Å². The number of aryl methyl sites for hydroxylation is 1. The topological polar surface area (TPSA) is 90.6 Å². The van der Waals surface area contributed by atoms with Gasteiger partial charge in [-0.15, -0.1) is 0 Å². The molecule has 0 unspecified atom stereocenters. The van der Waals surface area contributed by atoms with Gasteiger partial charge < -0.3 is 10.3 Å². The van der Waals surface area contributed by atoms with E-state index in [1.54, 1.807) is 24.3 Å². The zero-order valence-electron chi connectivity index (χ0n) is 11.4. The Bertz CT molecular complexity index is 863. The first kappa shape index (κ1) is 13.1. The molecule has 21 heavy (non-hydrogen) atoms. The number of hydrogen-bond donors (Lipinski definition) is 3. The molecule has 2 aromatic heterocycles. The second-order valence-corrected chi connectivity index (χ2v) is 4.66. The zero-order chi connectivity index (χ0) is 14.8. The number of aromatic nitrogens is 3. The molecular formula is C15H14N4O2. The van der Waals surface area contributed by atoms with Crippen LogP contribution in [0.25, 0.3) is 10.9 Å². The summed E-state index contributed by atoms with van der Waals surface area (Å²) in [5.41, 5.74) is 1.38. The number of rotatable bonds is 3. The van der Waals surface area contributed by atoms with E-state index in [1.165, 1.54) is 6.20 Å². The minimum absolute atomic E-state index is 0.0646. The fraction of sp³-hybridized carbons (Fsp3) is 0.133. The Hall–Kier alpha value is -2.89. The molecule has 6 heteroatoms. The maximum atomic E-state index is 12.3. The molecule has 106 valence electrons. The minimum Gasteiger partial charge on any atom is -0.360 e. The molecule has 1 aromatic carbocycles. The van der Waals surface area contributed by atoms with Crippen LogP contribution in [0.2, 0.25) is 0 Å². The largest absolute Gasteiger partial charge is 0.360 e. The number of aromatic amines is 2. The summed E-state index contributed by atoms with van der Waals surface area (Å²) < 4.78 is 0. The van der Waals surface area contributed by atoms with Crippen molar-refractivity contribution in [3.63, 3.8) is 0 Å². The Labute approximate surface area is 120 Å². The van der Waals surface area contributed by atoms with Crippen LogP contribution in [-0.2, 0) is 6.42 Å². The first-order valence-electron chi connectivity index (χ1n) is 6.65. The lowest BCUT2D eigenvalue weighted by Gasteiger charge is -2.03. The summed E-state index contributed by atoms with van der Waals surface area (Å²) in [6.07, 6.45) is 2.22. The number of para-hydroxylation sites is 1. The van der Waals surface area contributed by atoms with Crippen molar-refractivity contribution >= 4 is 22.6 Å². The quantitative estimate of drug-likeness (QED) is 0.686. The van der Waals surface area contributed by atoms with E-state index >= 15 is 0 Å². The minimum atomic E-state index is -0.476. The highest BCUT2D eigenvalue weighted by atomic mass is 16.2. The highest BCUT2D eigenvalue weighted by Gasteiger charge is 2.14. The van der Waals surface area contributed by atoms with E-state index in [1.807, 2.05) is 13.0 Å². The number of H-pyrrole nitrogens is 2. The van der Waals surface area contributed by atoms with Crippen LogP contribution in [0.15, 0.2) is 41.3 Å². The molecule has 0 saturated carbocycles. The number of carbonyl (C=O) groups is 1. The molecule has 0 fully saturated rings. The van der Waals surface area contributed by atoms with E-state index in [0.717, 1.165) is 12.1 Å². The first-order valence-corrected chi connectivity index (χ1v) is 6.65. The van der Waals surface area contributed by atoms with E-state index in [4.69, 9.17) is 0 Å². The van der Waals surface area contributed by atoms with Crippen molar-refractivity contribution in [3.05, 3.63) is 58.0 Å². The van der Waals surface area contributed by atoms with Gasteiger partial charge in [-0.3, -0.25) is 14.7 Å². The molecule has 3 aromatic rings. The average molecular weight is 282 g/mol. The molecule has 0 saturated heterocycles. The standard InChI is InChI=1S/C15H14N4O2/c1-2-9-7-13(19-18-9)17-15(21)11-8-16-12-6-4-3-5-10(12)14(11)20/h3-8H,2H2,1H3,(H,16,20)(H2,17,18,19,21). The van der Waals surface area contributed by atoms with Crippen molar-refractivity contribution in [3.8, 4) is 0 Å². The van der Waals surface area contributed by atoms with Gasteiger partial charge in [0.15, 0.2) is 5.82 Å². The number of amides is 1. The lowest BCUT2D eigenvalue weighted by atomic mass is 10.1. The lowest BCUT2D eigenvalue weighted by Crippen LogP contribution is -2.22. The summed E-state index contributed by atoms with van der Waals surface area (Å²) in [5.74, 6) is -0.0689. The van der Waals surface area contributed by atoms with Crippen molar-refractivity contribution in [1.29, 1.82) is 0 Å². The van der Waals surface area contributed by atoms with E-state index in [9.17, 15) is 9.59 Å². The summed E-state index contributed by atoms with van der Waals surface area (Å²) in [6.45, 7) is 1.98. The predicted octanol–water partition coefficient (Wildman–Crippen LogP) is 2.07. The Morgan fingerprint density at radius 3 is 2.90 bits per heavy atom. The van der Waals surface area contributed by atoms with Gasteiger partial charge in [0, 0.05) is 28.9 Å². The monoisotopic (exact) mass is 282 g/mol. The second-order valence-electron chi connectivity index (χ2n) is 4.66. The van der Waals surface area contributed by atoms with Gasteiger partial charge in [0.2, 0.25) is 5.43 Å². The molecular weight excluding hydrogens is 268 g/mol. The Kier molecular flexibility index (Phi) is 3.27. The number of anilines is 1. The fourth-order valence-electron chi connectivity index (χ4n) is 2.13. The molecule has 0 aliphatic carbocycles. The van der Waals surface area contributed by atoms with Crippen molar-refractivity contribution in [2.45, 2.75) is 13.3 Å². The van der Waals surface area contributed by atoms with Gasteiger partial charge in [0.05, 0.1) is 0 Å². The normalized spacial score (nSPS) is 10.7. The molecule has 3 N–H and O–H groups in total. The lowest BCUT2D eigenvalue weighted by molar-refractivity contribution is 0.102. The number of fused-ring (bicyclic) bond motifs is 1. The molecule has 0 aliphatic heterocycles. The summed E-state index contributed by atoms with van der Waals surface area (Å²) >= 11 is 0. The summed E-state index contributed by atoms with van der Waals surface area (Å²) in [7, 11) is 0. The molecule has 1 amide bonds. The molecule has 0 radical (unpaired) electrons. The number of hydrogen-bond acceptors (Lipinski definition) is 3. The number of benzene rings is 1. The van der Waals surface area contributed by atoms with Gasteiger partial charge in [-0.05, 0) is 18.6 Å². The number of carbonyl (C=O) groups excluding carboxylic acids is 1. The van der Waals surface area contributed by atoms with Gasteiger partial charge in [-0.25, -0.2) is 0 Å².